The molecule has 1 aromatic rings. The summed E-state index contributed by atoms with van der Waals surface area (Å²) in [5, 5.41) is 0. The molecule has 2 rings (SSSR count). The number of hydrogen-bond donors (Lipinski definition) is 0. The number of sulfonamides is 1. The first-order valence-corrected chi connectivity index (χ1v) is 11.9. The molecule has 0 bridgehead atoms. The van der Waals surface area contributed by atoms with Gasteiger partial charge in [0.1, 0.15) is 0 Å². The van der Waals surface area contributed by atoms with Crippen molar-refractivity contribution in [3.63, 3.8) is 0 Å². The number of benzene rings is 1. The molecule has 1 aromatic carbocycles. The van der Waals surface area contributed by atoms with E-state index in [1.54, 1.807) is 20.8 Å². The average molecular weight is 434 g/mol. The second kappa shape index (κ2) is 8.87. The molecule has 0 N–H and O–H groups in total. The fourth-order valence-electron chi connectivity index (χ4n) is 3.18. The van der Waals surface area contributed by atoms with Gasteiger partial charge in [-0.05, 0) is 30.7 Å². The van der Waals surface area contributed by atoms with Crippen molar-refractivity contribution in [3.8, 4) is 0 Å². The normalized spacial score (nSPS) is 17.0. The SMILES string of the molecule is CCN(CC)S(=O)(=O)N1CCN(S(=O)(=O)c2ccc(C(=O)OC)cc2C)CC1. The highest BCUT2D eigenvalue weighted by Gasteiger charge is 2.35. The second-order valence-electron chi connectivity index (χ2n) is 6.37. The molecule has 0 spiro atoms. The molecule has 1 saturated heterocycles. The van der Waals surface area contributed by atoms with Crippen LogP contribution < -0.4 is 0 Å². The van der Waals surface area contributed by atoms with Crippen LogP contribution in [0.4, 0.5) is 0 Å². The van der Waals surface area contributed by atoms with Gasteiger partial charge in [0, 0.05) is 39.3 Å². The Morgan fingerprint density at radius 1 is 1.04 bits per heavy atom. The minimum atomic E-state index is -3.80. The van der Waals surface area contributed by atoms with Crippen LogP contribution in [0.5, 0.6) is 0 Å². The molecule has 28 heavy (non-hydrogen) atoms. The van der Waals surface area contributed by atoms with Crippen molar-refractivity contribution in [1.29, 1.82) is 0 Å². The van der Waals surface area contributed by atoms with E-state index in [9.17, 15) is 21.6 Å². The van der Waals surface area contributed by atoms with Gasteiger partial charge in [0.25, 0.3) is 10.2 Å². The summed E-state index contributed by atoms with van der Waals surface area (Å²) in [6, 6.07) is 4.27. The van der Waals surface area contributed by atoms with Gasteiger partial charge in [-0.15, -0.1) is 0 Å². The van der Waals surface area contributed by atoms with Crippen LogP contribution in [0.25, 0.3) is 0 Å². The van der Waals surface area contributed by atoms with Crippen molar-refractivity contribution in [3.05, 3.63) is 29.3 Å². The fourth-order valence-corrected chi connectivity index (χ4v) is 6.41. The zero-order chi connectivity index (χ0) is 21.1. The third-order valence-corrected chi connectivity index (χ3v) is 9.02. The highest BCUT2D eigenvalue weighted by Crippen LogP contribution is 2.23. The Morgan fingerprint density at radius 2 is 1.57 bits per heavy atom. The van der Waals surface area contributed by atoms with E-state index in [2.05, 4.69) is 4.74 Å². The summed E-state index contributed by atoms with van der Waals surface area (Å²) in [5.74, 6) is -0.540. The maximum atomic E-state index is 13.0. The van der Waals surface area contributed by atoms with Crippen LogP contribution in [0.1, 0.15) is 29.8 Å². The quantitative estimate of drug-likeness (QED) is 0.586. The van der Waals surface area contributed by atoms with Gasteiger partial charge in [-0.2, -0.15) is 21.3 Å². The summed E-state index contributed by atoms with van der Waals surface area (Å²) in [6.45, 7) is 6.20. The maximum Gasteiger partial charge on any atom is 0.337 e. The van der Waals surface area contributed by atoms with Crippen LogP contribution in [-0.2, 0) is 25.0 Å². The molecule has 1 heterocycles. The van der Waals surface area contributed by atoms with Crippen molar-refractivity contribution < 1.29 is 26.4 Å². The molecule has 0 saturated carbocycles. The van der Waals surface area contributed by atoms with Crippen LogP contribution in [0, 0.1) is 6.92 Å². The third kappa shape index (κ3) is 4.38. The summed E-state index contributed by atoms with van der Waals surface area (Å²) in [7, 11) is -6.13. The number of piperazine rings is 1. The molecular formula is C17H27N3O6S2. The van der Waals surface area contributed by atoms with Gasteiger partial charge >= 0.3 is 5.97 Å². The Balaban J connectivity index is 2.19. The Kier molecular flexibility index (Phi) is 7.21. The van der Waals surface area contributed by atoms with Gasteiger partial charge in [-0.1, -0.05) is 13.8 Å². The predicted octanol–water partition coefficient (Wildman–Crippen LogP) is 0.675. The van der Waals surface area contributed by atoms with Crippen LogP contribution in [0.15, 0.2) is 23.1 Å². The monoisotopic (exact) mass is 433 g/mol. The van der Waals surface area contributed by atoms with E-state index in [0.717, 1.165) is 0 Å². The van der Waals surface area contributed by atoms with Crippen LogP contribution in [-0.4, -0.2) is 82.1 Å². The van der Waals surface area contributed by atoms with E-state index >= 15 is 0 Å². The Hall–Kier alpha value is -1.53. The second-order valence-corrected chi connectivity index (χ2v) is 10.2. The number of carbonyl (C=O) groups is 1. The summed E-state index contributed by atoms with van der Waals surface area (Å²) in [5.41, 5.74) is 0.704. The van der Waals surface area contributed by atoms with E-state index in [-0.39, 0.29) is 36.6 Å². The van der Waals surface area contributed by atoms with Crippen molar-refractivity contribution >= 4 is 26.2 Å². The van der Waals surface area contributed by atoms with Crippen molar-refractivity contribution in [2.75, 3.05) is 46.4 Å². The fraction of sp³-hybridized carbons (Fsp3) is 0.588. The highest BCUT2D eigenvalue weighted by molar-refractivity contribution is 7.89. The number of rotatable bonds is 7. The van der Waals surface area contributed by atoms with Crippen LogP contribution >= 0.6 is 0 Å². The highest BCUT2D eigenvalue weighted by atomic mass is 32.2. The number of methoxy groups -OCH3 is 1. The zero-order valence-electron chi connectivity index (χ0n) is 16.6. The minimum Gasteiger partial charge on any atom is -0.465 e. The molecule has 0 radical (unpaired) electrons. The van der Waals surface area contributed by atoms with Gasteiger partial charge in [-0.25, -0.2) is 13.2 Å². The third-order valence-electron chi connectivity index (χ3n) is 4.77. The lowest BCUT2D eigenvalue weighted by molar-refractivity contribution is 0.0600. The molecule has 0 aliphatic carbocycles. The van der Waals surface area contributed by atoms with Gasteiger partial charge in [0.15, 0.2) is 0 Å². The number of hydrogen-bond acceptors (Lipinski definition) is 6. The number of esters is 1. The number of carbonyl (C=O) groups excluding carboxylic acids is 1. The topological polar surface area (TPSA) is 104 Å². The lowest BCUT2D eigenvalue weighted by atomic mass is 10.1. The molecule has 1 fully saturated rings. The number of nitrogens with zero attached hydrogens (tertiary/aromatic N) is 3. The average Bonchev–Trinajstić information content (AvgIpc) is 2.67. The lowest BCUT2D eigenvalue weighted by Gasteiger charge is -2.35. The van der Waals surface area contributed by atoms with Crippen molar-refractivity contribution in [1.82, 2.24) is 12.9 Å². The first kappa shape index (κ1) is 22.8. The lowest BCUT2D eigenvalue weighted by Crippen LogP contribution is -2.54. The van der Waals surface area contributed by atoms with Gasteiger partial charge in [0.2, 0.25) is 10.0 Å². The van der Waals surface area contributed by atoms with Crippen molar-refractivity contribution in [2.45, 2.75) is 25.7 Å². The first-order chi connectivity index (χ1) is 13.1. The number of aryl methyl sites for hydroxylation is 1. The Morgan fingerprint density at radius 3 is 2.04 bits per heavy atom. The van der Waals surface area contributed by atoms with Crippen LogP contribution in [0.3, 0.4) is 0 Å². The van der Waals surface area contributed by atoms with E-state index in [0.29, 0.717) is 18.7 Å². The Labute approximate surface area is 167 Å². The molecule has 0 aromatic heterocycles. The standard InChI is InChI=1S/C17H27N3O6S2/c1-5-18(6-2)28(24,25)20-11-9-19(10-12-20)27(22,23)16-8-7-15(13-14(16)3)17(21)26-4/h7-8,13H,5-6,9-12H2,1-4H3. The summed E-state index contributed by atoms with van der Waals surface area (Å²) in [6.07, 6.45) is 0. The first-order valence-electron chi connectivity index (χ1n) is 9.03. The molecule has 1 aliphatic heterocycles. The zero-order valence-corrected chi connectivity index (χ0v) is 18.2. The Bertz CT molecular complexity index is 918. The van der Waals surface area contributed by atoms with E-state index < -0.39 is 26.2 Å². The summed E-state index contributed by atoms with van der Waals surface area (Å²) in [4.78, 5) is 11.7. The van der Waals surface area contributed by atoms with E-state index in [4.69, 9.17) is 0 Å². The molecule has 0 atom stereocenters. The van der Waals surface area contributed by atoms with Gasteiger partial charge in [0.05, 0.1) is 17.6 Å². The van der Waals surface area contributed by atoms with Gasteiger partial charge < -0.3 is 4.74 Å². The summed E-state index contributed by atoms with van der Waals surface area (Å²) >= 11 is 0. The van der Waals surface area contributed by atoms with Crippen molar-refractivity contribution in [2.24, 2.45) is 0 Å². The maximum absolute atomic E-state index is 13.0. The van der Waals surface area contributed by atoms with Crippen LogP contribution in [0.2, 0.25) is 0 Å². The number of ether oxygens (including phenoxy) is 1. The molecule has 0 amide bonds. The molecule has 158 valence electrons. The molecule has 11 heteroatoms. The van der Waals surface area contributed by atoms with Gasteiger partial charge in [-0.3, -0.25) is 0 Å². The van der Waals surface area contributed by atoms with E-state index in [1.165, 1.54) is 38.2 Å². The largest absolute Gasteiger partial charge is 0.465 e. The van der Waals surface area contributed by atoms with E-state index in [1.807, 2.05) is 0 Å². The predicted molar refractivity (Wildman–Crippen MR) is 105 cm³/mol. The molecular weight excluding hydrogens is 406 g/mol. The molecule has 9 nitrogen and oxygen atoms in total. The smallest absolute Gasteiger partial charge is 0.337 e. The molecule has 0 unspecified atom stereocenters. The summed E-state index contributed by atoms with van der Waals surface area (Å²) < 4.78 is 59.8. The molecule has 1 aliphatic rings. The minimum absolute atomic E-state index is 0.0705.